The Morgan fingerprint density at radius 3 is 2.35 bits per heavy atom. The average molecular weight is 650 g/mol. The number of carbonyl (C=O) groups excluding carboxylic acids is 2. The number of ether oxygens (including phenoxy) is 2. The Morgan fingerprint density at radius 1 is 1.02 bits per heavy atom. The lowest BCUT2D eigenvalue weighted by Crippen LogP contribution is -2.54. The van der Waals surface area contributed by atoms with Crippen LogP contribution < -0.4 is 9.46 Å². The van der Waals surface area contributed by atoms with Crippen molar-refractivity contribution in [3.8, 4) is 17.1 Å². The number of rotatable bonds is 5. The van der Waals surface area contributed by atoms with Gasteiger partial charge in [-0.1, -0.05) is 38.1 Å². The SMILES string of the molecule is Cc1cccc(C)c1-c1cc2nc(n1)NS(=O)(=O)c1cccc(c1)C(=O)N(C1CCN(C(=O)OC(C)C)CC1)[C@H](CC(C)C)CO2. The quantitative estimate of drug-likeness (QED) is 0.366. The molecule has 2 aromatic carbocycles. The van der Waals surface area contributed by atoms with Crippen LogP contribution in [-0.2, 0) is 14.8 Å². The van der Waals surface area contributed by atoms with Crippen LogP contribution in [0.5, 0.6) is 5.88 Å². The maximum Gasteiger partial charge on any atom is 0.410 e. The van der Waals surface area contributed by atoms with Crippen molar-refractivity contribution in [3.63, 3.8) is 0 Å². The number of piperidine rings is 1. The number of hydrogen-bond donors (Lipinski definition) is 1. The molecule has 3 heterocycles. The van der Waals surface area contributed by atoms with Gasteiger partial charge < -0.3 is 19.3 Å². The minimum Gasteiger partial charge on any atom is -0.475 e. The molecule has 11 nitrogen and oxygen atoms in total. The highest BCUT2D eigenvalue weighted by molar-refractivity contribution is 7.92. The van der Waals surface area contributed by atoms with Crippen LogP contribution in [0.15, 0.2) is 53.4 Å². The first-order valence-electron chi connectivity index (χ1n) is 15.8. The lowest BCUT2D eigenvalue weighted by molar-refractivity contribution is 0.0251. The number of aromatic nitrogens is 2. The van der Waals surface area contributed by atoms with Gasteiger partial charge in [0.25, 0.3) is 15.9 Å². The third-order valence-corrected chi connectivity index (χ3v) is 9.63. The highest BCUT2D eigenvalue weighted by Crippen LogP contribution is 2.31. The van der Waals surface area contributed by atoms with Crippen LogP contribution >= 0.6 is 0 Å². The van der Waals surface area contributed by atoms with Gasteiger partial charge >= 0.3 is 6.09 Å². The third-order valence-electron chi connectivity index (χ3n) is 8.30. The molecular formula is C34H43N5O6S. The molecule has 12 heteroatoms. The summed E-state index contributed by atoms with van der Waals surface area (Å²) >= 11 is 0. The molecule has 0 unspecified atom stereocenters. The Labute approximate surface area is 271 Å². The van der Waals surface area contributed by atoms with Crippen LogP contribution in [-0.4, -0.2) is 78.1 Å². The van der Waals surface area contributed by atoms with Crippen molar-refractivity contribution in [2.24, 2.45) is 5.92 Å². The normalized spacial score (nSPS) is 18.7. The predicted octanol–water partition coefficient (Wildman–Crippen LogP) is 5.82. The van der Waals surface area contributed by atoms with Crippen LogP contribution in [0.4, 0.5) is 10.7 Å². The van der Waals surface area contributed by atoms with Crippen LogP contribution in [0.2, 0.25) is 0 Å². The lowest BCUT2D eigenvalue weighted by atomic mass is 9.95. The van der Waals surface area contributed by atoms with Crippen molar-refractivity contribution in [2.75, 3.05) is 24.4 Å². The lowest BCUT2D eigenvalue weighted by Gasteiger charge is -2.42. The van der Waals surface area contributed by atoms with Gasteiger partial charge in [-0.25, -0.2) is 22.9 Å². The summed E-state index contributed by atoms with van der Waals surface area (Å²) in [5.41, 5.74) is 3.58. The number of carbonyl (C=O) groups is 2. The molecule has 1 saturated heterocycles. The fourth-order valence-electron chi connectivity index (χ4n) is 6.24. The van der Waals surface area contributed by atoms with Crippen molar-refractivity contribution in [3.05, 3.63) is 65.2 Å². The average Bonchev–Trinajstić information content (AvgIpc) is 2.99. The first kappa shape index (κ1) is 33.2. The summed E-state index contributed by atoms with van der Waals surface area (Å²) in [7, 11) is -4.16. The van der Waals surface area contributed by atoms with Crippen molar-refractivity contribution < 1.29 is 27.5 Å². The number of likely N-dealkylation sites (tertiary alicyclic amines) is 1. The van der Waals surface area contributed by atoms with Gasteiger partial charge in [-0.3, -0.25) is 4.79 Å². The molecule has 0 spiro atoms. The Bertz CT molecular complexity index is 1680. The predicted molar refractivity (Wildman–Crippen MR) is 175 cm³/mol. The smallest absolute Gasteiger partial charge is 0.410 e. The number of aryl methyl sites for hydroxylation is 2. The molecule has 1 fully saturated rings. The number of anilines is 1. The number of hydrogen-bond acceptors (Lipinski definition) is 8. The van der Waals surface area contributed by atoms with E-state index in [0.717, 1.165) is 16.7 Å². The molecule has 4 bridgehead atoms. The topological polar surface area (TPSA) is 131 Å². The fraction of sp³-hybridized carbons (Fsp3) is 0.471. The van der Waals surface area contributed by atoms with Crippen molar-refractivity contribution in [1.29, 1.82) is 0 Å². The van der Waals surface area contributed by atoms with Crippen LogP contribution in [0.3, 0.4) is 0 Å². The zero-order chi connectivity index (χ0) is 33.2. The van der Waals surface area contributed by atoms with Gasteiger partial charge in [-0.05, 0) is 82.2 Å². The Balaban J connectivity index is 1.58. The van der Waals surface area contributed by atoms with E-state index in [2.05, 4.69) is 28.5 Å². The second kappa shape index (κ2) is 13.7. The van der Waals surface area contributed by atoms with E-state index in [1.807, 2.05) is 50.8 Å². The number of nitrogens with one attached hydrogen (secondary N) is 1. The van der Waals surface area contributed by atoms with Crippen molar-refractivity contribution in [2.45, 2.75) is 83.9 Å². The maximum absolute atomic E-state index is 14.4. The van der Waals surface area contributed by atoms with Crippen molar-refractivity contribution >= 4 is 28.0 Å². The standard InChI is InChI=1S/C34H43N5O6S/c1-21(2)17-27-20-44-30-19-29(31-23(5)9-7-10-24(31)6)35-33(36-30)37-46(42,43)28-12-8-11-25(18-28)32(40)39(27)26-13-15-38(16-14-26)34(41)45-22(3)4/h7-12,18-19,21-22,26-27H,13-17,20H2,1-6H3,(H,35,36,37)/t27-/m1/s1. The number of benzene rings is 2. The number of nitrogens with zero attached hydrogens (tertiary/aromatic N) is 4. The van der Waals surface area contributed by atoms with Crippen LogP contribution in [0.1, 0.15) is 68.4 Å². The van der Waals surface area contributed by atoms with Gasteiger partial charge in [-0.2, -0.15) is 4.98 Å². The molecule has 2 aliphatic rings. The molecule has 246 valence electrons. The highest BCUT2D eigenvalue weighted by atomic mass is 32.2. The monoisotopic (exact) mass is 649 g/mol. The third kappa shape index (κ3) is 7.43. The summed E-state index contributed by atoms with van der Waals surface area (Å²) in [6.45, 7) is 12.7. The minimum atomic E-state index is -4.16. The summed E-state index contributed by atoms with van der Waals surface area (Å²) < 4.78 is 41.5. The molecule has 46 heavy (non-hydrogen) atoms. The van der Waals surface area contributed by atoms with E-state index in [4.69, 9.17) is 9.47 Å². The van der Waals surface area contributed by atoms with E-state index < -0.39 is 10.0 Å². The Hall–Kier alpha value is -4.19. The summed E-state index contributed by atoms with van der Waals surface area (Å²) in [6, 6.07) is 13.1. The highest BCUT2D eigenvalue weighted by Gasteiger charge is 2.36. The van der Waals surface area contributed by atoms with Crippen LogP contribution in [0.25, 0.3) is 11.3 Å². The molecule has 1 aromatic heterocycles. The van der Waals surface area contributed by atoms with Gasteiger partial charge in [0.15, 0.2) is 0 Å². The molecule has 0 radical (unpaired) electrons. The van der Waals surface area contributed by atoms with E-state index in [0.29, 0.717) is 38.0 Å². The molecule has 0 saturated carbocycles. The Morgan fingerprint density at radius 2 is 1.70 bits per heavy atom. The van der Waals surface area contributed by atoms with Gasteiger partial charge in [-0.15, -0.1) is 0 Å². The van der Waals surface area contributed by atoms with E-state index in [-0.39, 0.29) is 65.0 Å². The van der Waals surface area contributed by atoms with E-state index in [1.54, 1.807) is 23.1 Å². The summed E-state index contributed by atoms with van der Waals surface area (Å²) in [5.74, 6) is 0.00995. The van der Waals surface area contributed by atoms with Gasteiger partial charge in [0.1, 0.15) is 6.61 Å². The second-order valence-corrected chi connectivity index (χ2v) is 14.5. The molecule has 3 aromatic rings. The van der Waals surface area contributed by atoms with Crippen LogP contribution in [0, 0.1) is 19.8 Å². The molecule has 2 aliphatic heterocycles. The second-order valence-electron chi connectivity index (χ2n) is 12.8. The fourth-order valence-corrected chi connectivity index (χ4v) is 7.23. The zero-order valence-corrected chi connectivity index (χ0v) is 28.1. The summed E-state index contributed by atoms with van der Waals surface area (Å²) in [5, 5.41) is 0. The molecular weight excluding hydrogens is 606 g/mol. The molecule has 5 rings (SSSR count). The first-order valence-corrected chi connectivity index (χ1v) is 17.3. The maximum atomic E-state index is 14.4. The van der Waals surface area contributed by atoms with Crippen molar-refractivity contribution in [1.82, 2.24) is 19.8 Å². The first-order chi connectivity index (χ1) is 21.8. The Kier molecular flexibility index (Phi) is 9.85. The molecule has 0 aliphatic carbocycles. The van der Waals surface area contributed by atoms with E-state index >= 15 is 0 Å². The number of amides is 2. The van der Waals surface area contributed by atoms with Gasteiger partial charge in [0, 0.05) is 36.3 Å². The molecule has 2 amide bonds. The number of sulfonamides is 1. The minimum absolute atomic E-state index is 0.0762. The number of fused-ring (bicyclic) bond motifs is 4. The summed E-state index contributed by atoms with van der Waals surface area (Å²) in [6.07, 6.45) is 1.13. The molecule has 1 atom stereocenters. The van der Waals surface area contributed by atoms with E-state index in [9.17, 15) is 18.0 Å². The summed E-state index contributed by atoms with van der Waals surface area (Å²) in [4.78, 5) is 39.5. The van der Waals surface area contributed by atoms with E-state index in [1.165, 1.54) is 12.1 Å². The van der Waals surface area contributed by atoms with Gasteiger partial charge in [0.05, 0.1) is 22.7 Å². The largest absolute Gasteiger partial charge is 0.475 e. The van der Waals surface area contributed by atoms with Gasteiger partial charge in [0.2, 0.25) is 11.8 Å². The molecule has 1 N–H and O–H groups in total. The zero-order valence-electron chi connectivity index (χ0n) is 27.3.